The fourth-order valence-electron chi connectivity index (χ4n) is 1.40. The second-order valence-corrected chi connectivity index (χ2v) is 4.13. The molecule has 2 rings (SSSR count). The average Bonchev–Trinajstić information content (AvgIpc) is 2.27. The Balaban J connectivity index is 2.18. The lowest BCUT2D eigenvalue weighted by molar-refractivity contribution is 0.610. The smallest absolute Gasteiger partial charge is 0.0553 e. The van der Waals surface area contributed by atoms with Crippen molar-refractivity contribution in [2.75, 3.05) is 0 Å². The van der Waals surface area contributed by atoms with Gasteiger partial charge in [-0.2, -0.15) is 0 Å². The maximum atomic E-state index is 3.50. The molecule has 0 saturated carbocycles. The molecular formula is C8H11NS. The van der Waals surface area contributed by atoms with Gasteiger partial charge in [0.15, 0.2) is 0 Å². The zero-order chi connectivity index (χ0) is 6.97. The molecule has 2 unspecified atom stereocenters. The summed E-state index contributed by atoms with van der Waals surface area (Å²) in [6.45, 7) is 2.21. The van der Waals surface area contributed by atoms with Gasteiger partial charge in [-0.25, -0.2) is 0 Å². The van der Waals surface area contributed by atoms with E-state index in [1.54, 1.807) is 0 Å². The van der Waals surface area contributed by atoms with Crippen LogP contribution in [0.3, 0.4) is 0 Å². The van der Waals surface area contributed by atoms with Gasteiger partial charge >= 0.3 is 0 Å². The predicted octanol–water partition coefficient (Wildman–Crippen LogP) is 1.88. The average molecular weight is 153 g/mol. The third kappa shape index (κ3) is 1.02. The Morgan fingerprint density at radius 1 is 1.70 bits per heavy atom. The fraction of sp³-hybridized carbons (Fsp3) is 0.500. The number of thioether (sulfide) groups is 1. The van der Waals surface area contributed by atoms with Crippen molar-refractivity contribution in [2.24, 2.45) is 0 Å². The summed E-state index contributed by atoms with van der Waals surface area (Å²) in [6, 6.07) is 0.630. The molecule has 2 heteroatoms. The molecule has 0 amide bonds. The maximum Gasteiger partial charge on any atom is 0.0553 e. The Labute approximate surface area is 65.6 Å². The predicted molar refractivity (Wildman–Crippen MR) is 45.8 cm³/mol. The first-order valence-electron chi connectivity index (χ1n) is 3.66. The second-order valence-electron chi connectivity index (χ2n) is 2.71. The molecule has 0 radical (unpaired) electrons. The van der Waals surface area contributed by atoms with E-state index in [4.69, 9.17) is 0 Å². The minimum Gasteiger partial charge on any atom is -0.298 e. The molecule has 1 fully saturated rings. The van der Waals surface area contributed by atoms with Crippen LogP contribution < -0.4 is 5.32 Å². The minimum atomic E-state index is 0.608. The van der Waals surface area contributed by atoms with E-state index in [1.807, 2.05) is 11.8 Å². The van der Waals surface area contributed by atoms with Crippen molar-refractivity contribution in [1.29, 1.82) is 0 Å². The van der Waals surface area contributed by atoms with E-state index in [9.17, 15) is 0 Å². The number of fused-ring (bicyclic) bond motifs is 1. The summed E-state index contributed by atoms with van der Waals surface area (Å²) in [5.41, 5.74) is 0. The van der Waals surface area contributed by atoms with Crippen molar-refractivity contribution < 1.29 is 0 Å². The van der Waals surface area contributed by atoms with Crippen molar-refractivity contribution in [3.05, 3.63) is 23.1 Å². The third-order valence-corrected chi connectivity index (χ3v) is 3.04. The van der Waals surface area contributed by atoms with Gasteiger partial charge in [-0.3, -0.25) is 5.32 Å². The van der Waals surface area contributed by atoms with Gasteiger partial charge in [0, 0.05) is 10.9 Å². The van der Waals surface area contributed by atoms with E-state index >= 15 is 0 Å². The number of allylic oxidation sites excluding steroid dienone is 2. The van der Waals surface area contributed by atoms with Gasteiger partial charge in [0.25, 0.3) is 0 Å². The van der Waals surface area contributed by atoms with Crippen LogP contribution in [0.25, 0.3) is 0 Å². The molecule has 0 aromatic rings. The van der Waals surface area contributed by atoms with Crippen LogP contribution in [0.1, 0.15) is 13.3 Å². The number of hydrogen-bond acceptors (Lipinski definition) is 2. The van der Waals surface area contributed by atoms with Gasteiger partial charge in [-0.1, -0.05) is 18.2 Å². The highest BCUT2D eigenvalue weighted by Crippen LogP contribution is 2.34. The summed E-state index contributed by atoms with van der Waals surface area (Å²) in [6.07, 6.45) is 7.76. The Hall–Kier alpha value is -0.210. The highest BCUT2D eigenvalue weighted by molar-refractivity contribution is 8.04. The van der Waals surface area contributed by atoms with Crippen LogP contribution in [0.5, 0.6) is 0 Å². The van der Waals surface area contributed by atoms with Gasteiger partial charge in [-0.15, -0.1) is 11.8 Å². The molecule has 0 aromatic carbocycles. The van der Waals surface area contributed by atoms with Gasteiger partial charge in [0.1, 0.15) is 0 Å². The van der Waals surface area contributed by atoms with E-state index in [2.05, 4.69) is 30.5 Å². The zero-order valence-corrected chi connectivity index (χ0v) is 6.82. The molecule has 1 aliphatic carbocycles. The molecule has 2 aliphatic rings. The second kappa shape index (κ2) is 2.44. The molecule has 2 atom stereocenters. The molecular weight excluding hydrogens is 142 g/mol. The largest absolute Gasteiger partial charge is 0.298 e. The summed E-state index contributed by atoms with van der Waals surface area (Å²) >= 11 is 1.95. The first kappa shape index (κ1) is 6.50. The molecule has 0 spiro atoms. The molecule has 0 bridgehead atoms. The van der Waals surface area contributed by atoms with Crippen LogP contribution >= 0.6 is 11.8 Å². The van der Waals surface area contributed by atoms with Gasteiger partial charge < -0.3 is 0 Å². The molecule has 1 N–H and O–H groups in total. The first-order valence-corrected chi connectivity index (χ1v) is 4.53. The Kier molecular flexibility index (Phi) is 1.58. The molecule has 10 heavy (non-hydrogen) atoms. The van der Waals surface area contributed by atoms with E-state index in [-0.39, 0.29) is 0 Å². The molecule has 0 aromatic heterocycles. The van der Waals surface area contributed by atoms with E-state index in [1.165, 1.54) is 11.3 Å². The summed E-state index contributed by atoms with van der Waals surface area (Å²) in [4.78, 5) is 1.51. The number of nitrogens with one attached hydrogen (secondary N) is 1. The zero-order valence-electron chi connectivity index (χ0n) is 6.00. The van der Waals surface area contributed by atoms with E-state index < -0.39 is 0 Å². The number of hydrogen-bond donors (Lipinski definition) is 1. The van der Waals surface area contributed by atoms with Crippen molar-refractivity contribution in [3.63, 3.8) is 0 Å². The molecule has 1 nitrogen and oxygen atoms in total. The Bertz CT molecular complexity index is 195. The standard InChI is InChI=1S/C8H11NS/c1-6-9-7-4-2-3-5-8(7)10-6/h2-3,5-7,9H,4H2,1H3. The van der Waals surface area contributed by atoms with Crippen LogP contribution in [-0.4, -0.2) is 11.4 Å². The monoisotopic (exact) mass is 153 g/mol. The van der Waals surface area contributed by atoms with Crippen LogP contribution in [-0.2, 0) is 0 Å². The fourth-order valence-corrected chi connectivity index (χ4v) is 2.53. The third-order valence-electron chi connectivity index (χ3n) is 1.86. The first-order chi connectivity index (χ1) is 4.86. The molecule has 1 saturated heterocycles. The normalized spacial score (nSPS) is 37.5. The highest BCUT2D eigenvalue weighted by Gasteiger charge is 2.25. The Morgan fingerprint density at radius 3 is 3.40 bits per heavy atom. The maximum absolute atomic E-state index is 3.50. The van der Waals surface area contributed by atoms with Gasteiger partial charge in [0.2, 0.25) is 0 Å². The SMILES string of the molecule is CC1NC2CC=CC=C2S1. The summed E-state index contributed by atoms with van der Waals surface area (Å²) in [5, 5.41) is 4.11. The van der Waals surface area contributed by atoms with Crippen LogP contribution in [0.2, 0.25) is 0 Å². The van der Waals surface area contributed by atoms with Crippen LogP contribution in [0.4, 0.5) is 0 Å². The Morgan fingerprint density at radius 2 is 2.60 bits per heavy atom. The van der Waals surface area contributed by atoms with Crippen LogP contribution in [0.15, 0.2) is 23.1 Å². The van der Waals surface area contributed by atoms with Gasteiger partial charge in [-0.05, 0) is 13.3 Å². The molecule has 1 aliphatic heterocycles. The minimum absolute atomic E-state index is 0.608. The van der Waals surface area contributed by atoms with Crippen molar-refractivity contribution >= 4 is 11.8 Å². The van der Waals surface area contributed by atoms with E-state index in [0.29, 0.717) is 11.4 Å². The summed E-state index contributed by atoms with van der Waals surface area (Å²) in [5.74, 6) is 0. The van der Waals surface area contributed by atoms with Crippen molar-refractivity contribution in [3.8, 4) is 0 Å². The summed E-state index contributed by atoms with van der Waals surface area (Å²) < 4.78 is 0. The quantitative estimate of drug-likeness (QED) is 0.570. The molecule has 1 heterocycles. The lowest BCUT2D eigenvalue weighted by Crippen LogP contribution is -2.27. The highest BCUT2D eigenvalue weighted by atomic mass is 32.2. The number of rotatable bonds is 0. The lowest BCUT2D eigenvalue weighted by atomic mass is 10.1. The topological polar surface area (TPSA) is 12.0 Å². The van der Waals surface area contributed by atoms with E-state index in [0.717, 1.165) is 0 Å². The molecule has 54 valence electrons. The van der Waals surface area contributed by atoms with Crippen molar-refractivity contribution in [1.82, 2.24) is 5.32 Å². The van der Waals surface area contributed by atoms with Crippen molar-refractivity contribution in [2.45, 2.75) is 24.8 Å². The summed E-state index contributed by atoms with van der Waals surface area (Å²) in [7, 11) is 0. The lowest BCUT2D eigenvalue weighted by Gasteiger charge is -2.10. The van der Waals surface area contributed by atoms with Crippen LogP contribution in [0, 0.1) is 0 Å². The van der Waals surface area contributed by atoms with Gasteiger partial charge in [0.05, 0.1) is 5.37 Å².